The van der Waals surface area contributed by atoms with Gasteiger partial charge in [-0.1, -0.05) is 30.2 Å². The van der Waals surface area contributed by atoms with Gasteiger partial charge < -0.3 is 10.1 Å². The molecule has 1 aliphatic rings. The molecule has 8 heteroatoms. The van der Waals surface area contributed by atoms with Gasteiger partial charge in [0.15, 0.2) is 0 Å². The Morgan fingerprint density at radius 1 is 1.14 bits per heavy atom. The molecule has 0 saturated carbocycles. The Kier molecular flexibility index (Phi) is 6.59. The monoisotopic (exact) mass is 422 g/mol. The van der Waals surface area contributed by atoms with Crippen LogP contribution in [0.25, 0.3) is 0 Å². The number of sulfonamides is 1. The van der Waals surface area contributed by atoms with Crippen molar-refractivity contribution in [1.29, 1.82) is 0 Å². The standard InChI is InChI=1S/C20H23ClN2O4S/c1-27-18-9-8-17(22-20(24)13-15-6-5-7-16(21)12-15)14-19(18)28(25,26)23-10-3-2-4-11-23/h5-9,12,14H,2-4,10-11,13H2,1H3,(H,22,24). The molecule has 2 aromatic rings. The maximum atomic E-state index is 13.1. The molecule has 3 rings (SSSR count). The van der Waals surface area contributed by atoms with Gasteiger partial charge in [-0.2, -0.15) is 4.31 Å². The summed E-state index contributed by atoms with van der Waals surface area (Å²) in [5.41, 5.74) is 1.18. The zero-order valence-electron chi connectivity index (χ0n) is 15.7. The van der Waals surface area contributed by atoms with E-state index in [0.717, 1.165) is 24.8 Å². The van der Waals surface area contributed by atoms with Crippen molar-refractivity contribution in [3.05, 3.63) is 53.1 Å². The summed E-state index contributed by atoms with van der Waals surface area (Å²) in [5, 5.41) is 3.32. The number of carbonyl (C=O) groups excluding carboxylic acids is 1. The smallest absolute Gasteiger partial charge is 0.246 e. The fourth-order valence-corrected chi connectivity index (χ4v) is 5.15. The highest BCUT2D eigenvalue weighted by molar-refractivity contribution is 7.89. The van der Waals surface area contributed by atoms with Gasteiger partial charge in [-0.05, 0) is 48.7 Å². The Labute approximate surface area is 170 Å². The van der Waals surface area contributed by atoms with Gasteiger partial charge in [0.25, 0.3) is 0 Å². The van der Waals surface area contributed by atoms with Crippen LogP contribution in [-0.2, 0) is 21.2 Å². The summed E-state index contributed by atoms with van der Waals surface area (Å²) < 4.78 is 32.8. The van der Waals surface area contributed by atoms with E-state index in [1.54, 1.807) is 30.3 Å². The number of hydrogen-bond donors (Lipinski definition) is 1. The van der Waals surface area contributed by atoms with E-state index in [1.165, 1.54) is 17.5 Å². The zero-order valence-corrected chi connectivity index (χ0v) is 17.2. The number of amides is 1. The van der Waals surface area contributed by atoms with Crippen LogP contribution in [0.1, 0.15) is 24.8 Å². The van der Waals surface area contributed by atoms with Crippen molar-refractivity contribution in [2.24, 2.45) is 0 Å². The van der Waals surface area contributed by atoms with Gasteiger partial charge in [-0.3, -0.25) is 4.79 Å². The minimum atomic E-state index is -3.69. The molecule has 28 heavy (non-hydrogen) atoms. The van der Waals surface area contributed by atoms with Crippen molar-refractivity contribution < 1.29 is 17.9 Å². The molecule has 1 aliphatic heterocycles. The Bertz CT molecular complexity index is 956. The molecule has 0 aliphatic carbocycles. The van der Waals surface area contributed by atoms with Gasteiger partial charge in [0, 0.05) is 23.8 Å². The molecule has 6 nitrogen and oxygen atoms in total. The van der Waals surface area contributed by atoms with Crippen LogP contribution >= 0.6 is 11.6 Å². The predicted octanol–water partition coefficient (Wildman–Crippen LogP) is 3.70. The minimum absolute atomic E-state index is 0.0671. The molecule has 0 radical (unpaired) electrons. The molecular weight excluding hydrogens is 400 g/mol. The average Bonchev–Trinajstić information content (AvgIpc) is 2.68. The number of halogens is 1. The SMILES string of the molecule is COc1ccc(NC(=O)Cc2cccc(Cl)c2)cc1S(=O)(=O)N1CCCCC1. The van der Waals surface area contributed by atoms with E-state index in [4.69, 9.17) is 16.3 Å². The number of benzene rings is 2. The van der Waals surface area contributed by atoms with E-state index in [0.29, 0.717) is 23.8 Å². The quantitative estimate of drug-likeness (QED) is 0.770. The molecule has 0 unspecified atom stereocenters. The van der Waals surface area contributed by atoms with Crippen LogP contribution < -0.4 is 10.1 Å². The zero-order chi connectivity index (χ0) is 20.1. The Morgan fingerprint density at radius 2 is 1.89 bits per heavy atom. The van der Waals surface area contributed by atoms with Crippen LogP contribution in [0.5, 0.6) is 5.75 Å². The van der Waals surface area contributed by atoms with Crippen LogP contribution in [0.2, 0.25) is 5.02 Å². The molecule has 1 amide bonds. The summed E-state index contributed by atoms with van der Waals surface area (Å²) in [5.74, 6) is 0.00664. The first-order valence-corrected chi connectivity index (χ1v) is 10.9. The predicted molar refractivity (Wildman–Crippen MR) is 109 cm³/mol. The van der Waals surface area contributed by atoms with Crippen molar-refractivity contribution in [2.45, 2.75) is 30.6 Å². The molecule has 1 fully saturated rings. The molecule has 150 valence electrons. The van der Waals surface area contributed by atoms with E-state index < -0.39 is 10.0 Å². The van der Waals surface area contributed by atoms with Gasteiger partial charge in [-0.25, -0.2) is 8.42 Å². The highest BCUT2D eigenvalue weighted by Gasteiger charge is 2.29. The number of piperidine rings is 1. The molecule has 0 aromatic heterocycles. The molecule has 1 saturated heterocycles. The lowest BCUT2D eigenvalue weighted by molar-refractivity contribution is -0.115. The summed E-state index contributed by atoms with van der Waals surface area (Å²) in [7, 11) is -2.26. The van der Waals surface area contributed by atoms with Gasteiger partial charge in [0.05, 0.1) is 13.5 Å². The van der Waals surface area contributed by atoms with Crippen molar-refractivity contribution in [2.75, 3.05) is 25.5 Å². The fourth-order valence-electron chi connectivity index (χ4n) is 3.24. The molecule has 1 N–H and O–H groups in total. The summed E-state index contributed by atoms with van der Waals surface area (Å²) in [6.45, 7) is 0.994. The van der Waals surface area contributed by atoms with Crippen LogP contribution in [0, 0.1) is 0 Å². The average molecular weight is 423 g/mol. The third-order valence-electron chi connectivity index (χ3n) is 4.63. The van der Waals surface area contributed by atoms with Gasteiger partial charge >= 0.3 is 0 Å². The van der Waals surface area contributed by atoms with Crippen molar-refractivity contribution in [3.63, 3.8) is 0 Å². The maximum absolute atomic E-state index is 13.1. The lowest BCUT2D eigenvalue weighted by atomic mass is 10.1. The second-order valence-corrected chi connectivity index (χ2v) is 9.03. The number of anilines is 1. The van der Waals surface area contributed by atoms with Crippen LogP contribution in [0.4, 0.5) is 5.69 Å². The highest BCUT2D eigenvalue weighted by Crippen LogP contribution is 2.31. The lowest BCUT2D eigenvalue weighted by Gasteiger charge is -2.26. The van der Waals surface area contributed by atoms with E-state index in [1.807, 2.05) is 6.07 Å². The Morgan fingerprint density at radius 3 is 2.57 bits per heavy atom. The van der Waals surface area contributed by atoms with E-state index >= 15 is 0 Å². The highest BCUT2D eigenvalue weighted by atomic mass is 35.5. The number of hydrogen-bond acceptors (Lipinski definition) is 4. The minimum Gasteiger partial charge on any atom is -0.495 e. The largest absolute Gasteiger partial charge is 0.495 e. The van der Waals surface area contributed by atoms with Gasteiger partial charge in [0.2, 0.25) is 15.9 Å². The second kappa shape index (κ2) is 8.94. The Balaban J connectivity index is 1.81. The molecule has 0 spiro atoms. The van der Waals surface area contributed by atoms with E-state index in [-0.39, 0.29) is 23.0 Å². The number of methoxy groups -OCH3 is 1. The normalized spacial score (nSPS) is 15.2. The van der Waals surface area contributed by atoms with E-state index in [2.05, 4.69) is 5.32 Å². The molecule has 0 bridgehead atoms. The first-order valence-electron chi connectivity index (χ1n) is 9.12. The summed E-state index contributed by atoms with van der Waals surface area (Å²) >= 11 is 5.95. The number of ether oxygens (including phenoxy) is 1. The molecule has 1 heterocycles. The number of nitrogens with zero attached hydrogens (tertiary/aromatic N) is 1. The topological polar surface area (TPSA) is 75.7 Å². The van der Waals surface area contributed by atoms with Crippen molar-refractivity contribution in [3.8, 4) is 5.75 Å². The van der Waals surface area contributed by atoms with Crippen LogP contribution in [-0.4, -0.2) is 38.8 Å². The van der Waals surface area contributed by atoms with Crippen LogP contribution in [0.3, 0.4) is 0 Å². The molecule has 2 aromatic carbocycles. The summed E-state index contributed by atoms with van der Waals surface area (Å²) in [4.78, 5) is 12.4. The molecule has 0 atom stereocenters. The van der Waals surface area contributed by atoms with E-state index in [9.17, 15) is 13.2 Å². The van der Waals surface area contributed by atoms with Crippen molar-refractivity contribution >= 4 is 33.2 Å². The fraction of sp³-hybridized carbons (Fsp3) is 0.350. The first kappa shape index (κ1) is 20.6. The Hall–Kier alpha value is -2.09. The maximum Gasteiger partial charge on any atom is 0.246 e. The second-order valence-electron chi connectivity index (χ2n) is 6.69. The summed E-state index contributed by atoms with van der Waals surface area (Å²) in [6, 6.07) is 11.7. The number of rotatable bonds is 6. The number of nitrogens with one attached hydrogen (secondary N) is 1. The third-order valence-corrected chi connectivity index (χ3v) is 6.79. The number of carbonyl (C=O) groups is 1. The van der Waals surface area contributed by atoms with Crippen LogP contribution in [0.15, 0.2) is 47.4 Å². The van der Waals surface area contributed by atoms with Gasteiger partial charge in [0.1, 0.15) is 10.6 Å². The molecular formula is C20H23ClN2O4S. The van der Waals surface area contributed by atoms with Gasteiger partial charge in [-0.15, -0.1) is 0 Å². The lowest BCUT2D eigenvalue weighted by Crippen LogP contribution is -2.35. The third kappa shape index (κ3) is 4.84. The summed E-state index contributed by atoms with van der Waals surface area (Å²) in [6.07, 6.45) is 2.86. The van der Waals surface area contributed by atoms with Crippen molar-refractivity contribution in [1.82, 2.24) is 4.31 Å². The first-order chi connectivity index (χ1) is 13.4.